The van der Waals surface area contributed by atoms with Crippen LogP contribution in [-0.2, 0) is 23.1 Å². The van der Waals surface area contributed by atoms with Gasteiger partial charge in [-0.1, -0.05) is 31.7 Å². The third-order valence-electron chi connectivity index (χ3n) is 6.54. The van der Waals surface area contributed by atoms with Gasteiger partial charge in [0.1, 0.15) is 0 Å². The van der Waals surface area contributed by atoms with Crippen molar-refractivity contribution < 1.29 is 13.0 Å². The Morgan fingerprint density at radius 1 is 1.07 bits per heavy atom. The lowest BCUT2D eigenvalue weighted by Gasteiger charge is -2.26. The molecule has 0 amide bonds. The number of nitrogens with one attached hydrogen (secondary N) is 1. The molecule has 3 aliphatic rings. The molecule has 1 aromatic carbocycles. The molecule has 6 heteroatoms. The van der Waals surface area contributed by atoms with Gasteiger partial charge in [0.2, 0.25) is 0 Å². The first-order valence-electron chi connectivity index (χ1n) is 10.7. The third-order valence-corrected chi connectivity index (χ3v) is 6.54. The zero-order valence-electron chi connectivity index (χ0n) is 16.8. The molecule has 1 fully saturated rings. The van der Waals surface area contributed by atoms with E-state index < -0.39 is 10.1 Å². The van der Waals surface area contributed by atoms with Crippen LogP contribution in [0.2, 0.25) is 0 Å². The topological polar surface area (TPSA) is 71.3 Å². The predicted molar refractivity (Wildman–Crippen MR) is 114 cm³/mol. The maximum absolute atomic E-state index is 9.19. The van der Waals surface area contributed by atoms with Crippen LogP contribution in [0.3, 0.4) is 0 Å². The minimum atomic E-state index is -3.67. The number of aryl methyl sites for hydroxylation is 1. The van der Waals surface area contributed by atoms with Crippen molar-refractivity contribution in [3.05, 3.63) is 35.0 Å². The van der Waals surface area contributed by atoms with E-state index in [-0.39, 0.29) is 0 Å². The minimum absolute atomic E-state index is 0.604. The van der Waals surface area contributed by atoms with Gasteiger partial charge in [0.25, 0.3) is 10.1 Å². The molecule has 28 heavy (non-hydrogen) atoms. The summed E-state index contributed by atoms with van der Waals surface area (Å²) in [6.45, 7) is 2.27. The van der Waals surface area contributed by atoms with Crippen molar-refractivity contribution in [3.8, 4) is 0 Å². The van der Waals surface area contributed by atoms with Gasteiger partial charge in [-0.05, 0) is 61.3 Å². The Hall–Kier alpha value is -1.37. The van der Waals surface area contributed by atoms with Gasteiger partial charge in [-0.25, -0.2) is 0 Å². The fourth-order valence-corrected chi connectivity index (χ4v) is 5.39. The molecule has 1 saturated carbocycles. The van der Waals surface area contributed by atoms with E-state index in [9.17, 15) is 8.42 Å². The Morgan fingerprint density at radius 3 is 2.54 bits per heavy atom. The molecule has 1 aromatic heterocycles. The number of benzene rings is 1. The summed E-state index contributed by atoms with van der Waals surface area (Å²) in [6, 6.07) is 8.06. The highest BCUT2D eigenvalue weighted by Crippen LogP contribution is 2.40. The van der Waals surface area contributed by atoms with Gasteiger partial charge < -0.3 is 9.88 Å². The van der Waals surface area contributed by atoms with Gasteiger partial charge in [0.15, 0.2) is 0 Å². The Morgan fingerprint density at radius 2 is 1.79 bits per heavy atom. The second-order valence-electron chi connectivity index (χ2n) is 8.61. The molecule has 0 bridgehead atoms. The van der Waals surface area contributed by atoms with Crippen molar-refractivity contribution in [3.63, 3.8) is 0 Å². The van der Waals surface area contributed by atoms with Crippen molar-refractivity contribution in [1.29, 1.82) is 0 Å². The van der Waals surface area contributed by atoms with Crippen molar-refractivity contribution in [2.24, 2.45) is 0 Å². The summed E-state index contributed by atoms with van der Waals surface area (Å²) >= 11 is 0. The third kappa shape index (κ3) is 4.29. The molecule has 5 rings (SSSR count). The van der Waals surface area contributed by atoms with E-state index in [0.717, 1.165) is 19.0 Å². The molecule has 2 heterocycles. The minimum Gasteiger partial charge on any atom is -0.342 e. The second-order valence-corrected chi connectivity index (χ2v) is 10.1. The van der Waals surface area contributed by atoms with E-state index in [1.807, 2.05) is 0 Å². The number of fused-ring (bicyclic) bond motifs is 3. The number of aromatic nitrogens is 1. The largest absolute Gasteiger partial charge is 0.342 e. The quantitative estimate of drug-likeness (QED) is 0.683. The predicted octanol–water partition coefficient (Wildman–Crippen LogP) is 4.56. The van der Waals surface area contributed by atoms with Crippen LogP contribution in [0.4, 0.5) is 0 Å². The summed E-state index contributed by atoms with van der Waals surface area (Å²) < 4.78 is 28.5. The van der Waals surface area contributed by atoms with Crippen LogP contribution in [0, 0.1) is 0 Å². The summed E-state index contributed by atoms with van der Waals surface area (Å²) in [5, 5.41) is 5.36. The molecule has 0 radical (unpaired) electrons. The average molecular weight is 405 g/mol. The van der Waals surface area contributed by atoms with Crippen LogP contribution in [0.25, 0.3) is 10.9 Å². The number of hydrogen-bond donors (Lipinski definition) is 2. The molecular formula is C22H32N2O3S. The molecule has 2 N–H and O–H groups in total. The van der Waals surface area contributed by atoms with Gasteiger partial charge in [0.05, 0.1) is 6.26 Å². The fourth-order valence-electron chi connectivity index (χ4n) is 5.39. The van der Waals surface area contributed by atoms with E-state index in [1.165, 1.54) is 63.3 Å². The van der Waals surface area contributed by atoms with Crippen LogP contribution in [-0.4, -0.2) is 30.3 Å². The standard InChI is InChI=1S/C21H28N2.CH4O3S/c1-2-6-15(7-3-1)16-10-11-20-18(14-16)17-8-4-5-9-19-21(17)23(20)13-12-22-19;1-5(2,3)4/h10-11,14-15,19,22H,1-9,12-13H2;1H3,(H,2,3,4). The second kappa shape index (κ2) is 8.17. The average Bonchev–Trinajstić information content (AvgIpc) is 2.82. The number of hydrogen-bond acceptors (Lipinski definition) is 3. The molecule has 2 aromatic rings. The van der Waals surface area contributed by atoms with Gasteiger partial charge in [-0.3, -0.25) is 4.55 Å². The highest BCUT2D eigenvalue weighted by atomic mass is 32.2. The monoisotopic (exact) mass is 404 g/mol. The number of rotatable bonds is 1. The van der Waals surface area contributed by atoms with Crippen LogP contribution < -0.4 is 5.32 Å². The summed E-state index contributed by atoms with van der Waals surface area (Å²) in [6.07, 6.45) is 13.1. The van der Waals surface area contributed by atoms with E-state index >= 15 is 0 Å². The van der Waals surface area contributed by atoms with Crippen molar-refractivity contribution in [2.45, 2.75) is 76.3 Å². The maximum atomic E-state index is 9.19. The van der Waals surface area contributed by atoms with Gasteiger partial charge in [-0.15, -0.1) is 0 Å². The first-order chi connectivity index (χ1) is 13.4. The molecule has 2 aliphatic carbocycles. The van der Waals surface area contributed by atoms with Crippen molar-refractivity contribution in [1.82, 2.24) is 9.88 Å². The first-order valence-corrected chi connectivity index (χ1v) is 12.6. The Kier molecular flexibility index (Phi) is 5.81. The zero-order valence-corrected chi connectivity index (χ0v) is 17.6. The first kappa shape index (κ1) is 19.9. The van der Waals surface area contributed by atoms with Gasteiger partial charge in [0, 0.05) is 35.7 Å². The summed E-state index contributed by atoms with van der Waals surface area (Å²) in [4.78, 5) is 0. The van der Waals surface area contributed by atoms with Gasteiger partial charge in [-0.2, -0.15) is 8.42 Å². The van der Waals surface area contributed by atoms with Crippen LogP contribution in [0.1, 0.15) is 80.1 Å². The lowest BCUT2D eigenvalue weighted by atomic mass is 9.83. The molecule has 1 unspecified atom stereocenters. The maximum Gasteiger partial charge on any atom is 0.261 e. The summed E-state index contributed by atoms with van der Waals surface area (Å²) in [5.41, 5.74) is 6.42. The highest BCUT2D eigenvalue weighted by molar-refractivity contribution is 7.85. The molecule has 0 saturated heterocycles. The lowest BCUT2D eigenvalue weighted by molar-refractivity contribution is 0.409. The smallest absolute Gasteiger partial charge is 0.261 e. The normalized spacial score (nSPS) is 22.9. The molecular weight excluding hydrogens is 372 g/mol. The van der Waals surface area contributed by atoms with E-state index in [4.69, 9.17) is 4.55 Å². The SMILES string of the molecule is CS(=O)(=O)O.c1cc2c(cc1C1CCCCC1)c1c3n2CCNC3CCCC1. The van der Waals surface area contributed by atoms with Crippen molar-refractivity contribution in [2.75, 3.05) is 12.8 Å². The highest BCUT2D eigenvalue weighted by Gasteiger charge is 2.29. The van der Waals surface area contributed by atoms with Gasteiger partial charge >= 0.3 is 0 Å². The van der Waals surface area contributed by atoms with E-state index in [2.05, 4.69) is 28.1 Å². The fraction of sp³-hybridized carbons (Fsp3) is 0.636. The summed E-state index contributed by atoms with van der Waals surface area (Å²) in [7, 11) is -3.67. The Balaban J connectivity index is 0.000000346. The zero-order chi connectivity index (χ0) is 19.7. The molecule has 154 valence electrons. The van der Waals surface area contributed by atoms with Crippen molar-refractivity contribution >= 4 is 21.0 Å². The molecule has 1 aliphatic heterocycles. The number of nitrogens with zero attached hydrogens (tertiary/aromatic N) is 1. The Bertz CT molecular complexity index is 934. The molecule has 1 atom stereocenters. The lowest BCUT2D eigenvalue weighted by Crippen LogP contribution is -2.33. The van der Waals surface area contributed by atoms with Crippen LogP contribution >= 0.6 is 0 Å². The van der Waals surface area contributed by atoms with Crippen LogP contribution in [0.15, 0.2) is 18.2 Å². The summed E-state index contributed by atoms with van der Waals surface area (Å²) in [5.74, 6) is 0.817. The van der Waals surface area contributed by atoms with E-state index in [0.29, 0.717) is 12.3 Å². The molecule has 0 spiro atoms. The Labute approximate surface area is 168 Å². The van der Waals surface area contributed by atoms with E-state index in [1.54, 1.807) is 22.2 Å². The van der Waals surface area contributed by atoms with Crippen LogP contribution in [0.5, 0.6) is 0 Å². The molecule has 5 nitrogen and oxygen atoms in total.